The van der Waals surface area contributed by atoms with E-state index < -0.39 is 10.0 Å². The summed E-state index contributed by atoms with van der Waals surface area (Å²) in [4.78, 5) is 19.1. The molecular weight excluding hydrogens is 424 g/mol. The van der Waals surface area contributed by atoms with Crippen LogP contribution in [0.4, 0.5) is 0 Å². The molecule has 168 valence electrons. The zero-order chi connectivity index (χ0) is 22.9. The van der Waals surface area contributed by atoms with Gasteiger partial charge in [0.15, 0.2) is 0 Å². The average Bonchev–Trinajstić information content (AvgIpc) is 3.03. The number of aromatic nitrogens is 1. The fraction of sp³-hybridized carbons (Fsp3) is 0.375. The van der Waals surface area contributed by atoms with Gasteiger partial charge >= 0.3 is 0 Å². The number of carbonyl (C=O) groups is 1. The van der Waals surface area contributed by atoms with Crippen molar-refractivity contribution in [3.8, 4) is 0 Å². The van der Waals surface area contributed by atoms with Crippen LogP contribution >= 0.6 is 0 Å². The quantitative estimate of drug-likeness (QED) is 0.769. The number of piperidine rings is 1. The van der Waals surface area contributed by atoms with Crippen LogP contribution in [0.25, 0.3) is 4.91 Å². The third-order valence-corrected chi connectivity index (χ3v) is 7.72. The molecule has 0 saturated carbocycles. The van der Waals surface area contributed by atoms with Gasteiger partial charge in [0, 0.05) is 30.8 Å². The van der Waals surface area contributed by atoms with Crippen molar-refractivity contribution in [3.05, 3.63) is 70.6 Å². The van der Waals surface area contributed by atoms with Crippen molar-refractivity contribution in [1.29, 1.82) is 0 Å². The molecule has 32 heavy (non-hydrogen) atoms. The molecule has 3 heterocycles. The van der Waals surface area contributed by atoms with E-state index in [0.717, 1.165) is 16.8 Å². The van der Waals surface area contributed by atoms with E-state index in [1.807, 2.05) is 62.1 Å². The fourth-order valence-electron chi connectivity index (χ4n) is 4.24. The third kappa shape index (κ3) is 4.46. The predicted molar refractivity (Wildman–Crippen MR) is 125 cm³/mol. The van der Waals surface area contributed by atoms with Gasteiger partial charge in [-0.1, -0.05) is 24.3 Å². The summed E-state index contributed by atoms with van der Waals surface area (Å²) in [5.74, 6) is 0.419. The Bertz CT molecular complexity index is 1200. The Morgan fingerprint density at radius 1 is 1.09 bits per heavy atom. The van der Waals surface area contributed by atoms with Crippen LogP contribution in [0, 0.1) is 19.8 Å². The number of hydrogen-bond acceptors (Lipinski definition) is 5. The van der Waals surface area contributed by atoms with Gasteiger partial charge in [0.05, 0.1) is 12.2 Å². The van der Waals surface area contributed by atoms with Crippen molar-refractivity contribution in [2.24, 2.45) is 10.3 Å². The van der Waals surface area contributed by atoms with Gasteiger partial charge in [0.2, 0.25) is 5.91 Å². The van der Waals surface area contributed by atoms with Gasteiger partial charge < -0.3 is 10.2 Å². The Balaban J connectivity index is 1.43. The Labute approximate surface area is 189 Å². The normalized spacial score (nSPS) is 18.6. The van der Waals surface area contributed by atoms with Gasteiger partial charge in [-0.2, -0.15) is 8.42 Å². The van der Waals surface area contributed by atoms with Crippen LogP contribution in [0.3, 0.4) is 0 Å². The Hall–Kier alpha value is -3.00. The number of nitrogens with one attached hydrogen (secondary N) is 1. The van der Waals surface area contributed by atoms with Crippen LogP contribution in [-0.4, -0.2) is 43.1 Å². The van der Waals surface area contributed by atoms with Crippen molar-refractivity contribution in [3.63, 3.8) is 0 Å². The minimum atomic E-state index is -3.75. The smallest absolute Gasteiger partial charge is 0.285 e. The zero-order valence-electron chi connectivity index (χ0n) is 18.6. The third-order valence-electron chi connectivity index (χ3n) is 6.24. The second-order valence-electron chi connectivity index (χ2n) is 8.44. The molecule has 2 aromatic rings. The maximum Gasteiger partial charge on any atom is 0.285 e. The predicted octanol–water partition coefficient (Wildman–Crippen LogP) is 3.20. The SMILES string of the molecule is CC1=C(c2ccc(C)c(C)c2)S(=O)(=O)N=C1N1CCC(C(=O)NCc2ccccn2)CC1. The maximum absolute atomic E-state index is 12.9. The van der Waals surface area contributed by atoms with Crippen molar-refractivity contribution < 1.29 is 13.2 Å². The van der Waals surface area contributed by atoms with E-state index in [9.17, 15) is 13.2 Å². The molecule has 2 aliphatic heterocycles. The lowest BCUT2D eigenvalue weighted by Crippen LogP contribution is -2.43. The summed E-state index contributed by atoms with van der Waals surface area (Å²) in [7, 11) is -3.75. The number of hydrogen-bond donors (Lipinski definition) is 1. The lowest BCUT2D eigenvalue weighted by Gasteiger charge is -2.32. The highest BCUT2D eigenvalue weighted by Crippen LogP contribution is 2.35. The molecule has 0 spiro atoms. The van der Waals surface area contributed by atoms with Crippen molar-refractivity contribution >= 4 is 26.7 Å². The number of likely N-dealkylation sites (tertiary alicyclic amines) is 1. The van der Waals surface area contributed by atoms with Crippen LogP contribution in [0.15, 0.2) is 52.6 Å². The summed E-state index contributed by atoms with van der Waals surface area (Å²) in [6, 6.07) is 11.3. The number of aryl methyl sites for hydroxylation is 2. The lowest BCUT2D eigenvalue weighted by atomic mass is 9.95. The van der Waals surface area contributed by atoms with E-state index in [2.05, 4.69) is 14.7 Å². The highest BCUT2D eigenvalue weighted by atomic mass is 32.2. The summed E-state index contributed by atoms with van der Waals surface area (Å²) < 4.78 is 29.9. The minimum absolute atomic E-state index is 0.0133. The summed E-state index contributed by atoms with van der Waals surface area (Å²) in [5, 5.41) is 2.96. The molecule has 0 bridgehead atoms. The van der Waals surface area contributed by atoms with Crippen LogP contribution < -0.4 is 5.32 Å². The van der Waals surface area contributed by atoms with Crippen LogP contribution in [0.2, 0.25) is 0 Å². The first-order valence-corrected chi connectivity index (χ1v) is 12.3. The number of carbonyl (C=O) groups excluding carboxylic acids is 1. The number of pyridine rings is 1. The molecule has 4 rings (SSSR count). The number of benzene rings is 1. The monoisotopic (exact) mass is 452 g/mol. The Kier molecular flexibility index (Phi) is 6.15. The highest BCUT2D eigenvalue weighted by Gasteiger charge is 2.35. The number of amides is 1. The molecular formula is C24H28N4O3S. The fourth-order valence-corrected chi connectivity index (χ4v) is 5.72. The largest absolute Gasteiger partial charge is 0.356 e. The molecule has 0 atom stereocenters. The number of sulfonamides is 1. The molecule has 1 amide bonds. The molecule has 0 aliphatic carbocycles. The zero-order valence-corrected chi connectivity index (χ0v) is 19.4. The summed E-state index contributed by atoms with van der Waals surface area (Å²) >= 11 is 0. The second-order valence-corrected chi connectivity index (χ2v) is 9.98. The van der Waals surface area contributed by atoms with Gasteiger partial charge in [-0.05, 0) is 62.4 Å². The topological polar surface area (TPSA) is 91.7 Å². The van der Waals surface area contributed by atoms with Crippen LogP contribution in [0.1, 0.15) is 42.1 Å². The molecule has 1 aromatic heterocycles. The van der Waals surface area contributed by atoms with E-state index in [4.69, 9.17) is 0 Å². The van der Waals surface area contributed by atoms with Gasteiger partial charge in [0.1, 0.15) is 10.7 Å². The van der Waals surface area contributed by atoms with E-state index >= 15 is 0 Å². The molecule has 0 radical (unpaired) electrons. The lowest BCUT2D eigenvalue weighted by molar-refractivity contribution is -0.126. The van der Waals surface area contributed by atoms with Gasteiger partial charge in [-0.25, -0.2) is 0 Å². The van der Waals surface area contributed by atoms with Crippen molar-refractivity contribution in [2.75, 3.05) is 13.1 Å². The first kappa shape index (κ1) is 22.2. The van der Waals surface area contributed by atoms with E-state index in [-0.39, 0.29) is 16.7 Å². The minimum Gasteiger partial charge on any atom is -0.356 e. The second kappa shape index (κ2) is 8.86. The summed E-state index contributed by atoms with van der Waals surface area (Å²) in [5.41, 5.74) is 4.33. The maximum atomic E-state index is 12.9. The summed E-state index contributed by atoms with van der Waals surface area (Å²) in [6.07, 6.45) is 3.01. The molecule has 1 fully saturated rings. The number of rotatable bonds is 4. The van der Waals surface area contributed by atoms with Crippen molar-refractivity contribution in [2.45, 2.75) is 40.2 Å². The van der Waals surface area contributed by atoms with E-state index in [1.165, 1.54) is 0 Å². The van der Waals surface area contributed by atoms with Crippen molar-refractivity contribution in [1.82, 2.24) is 15.2 Å². The molecule has 1 N–H and O–H groups in total. The first-order valence-electron chi connectivity index (χ1n) is 10.8. The molecule has 7 nitrogen and oxygen atoms in total. The first-order chi connectivity index (χ1) is 15.3. The molecule has 1 saturated heterocycles. The summed E-state index contributed by atoms with van der Waals surface area (Å²) in [6.45, 7) is 7.39. The standard InChI is InChI=1S/C24H28N4O3S/c1-16-7-8-20(14-17(16)2)22-18(3)23(27-32(22,30)31)28-12-9-19(10-13-28)24(29)26-15-21-6-4-5-11-25-21/h4-8,11,14,19H,9-10,12-13,15H2,1-3H3,(H,26,29). The van der Waals surface area contributed by atoms with E-state index in [1.54, 1.807) is 6.20 Å². The Morgan fingerprint density at radius 2 is 1.84 bits per heavy atom. The molecule has 8 heteroatoms. The number of amidine groups is 1. The number of nitrogens with zero attached hydrogens (tertiary/aromatic N) is 3. The van der Waals surface area contributed by atoms with E-state index in [0.29, 0.717) is 49.4 Å². The Morgan fingerprint density at radius 3 is 2.50 bits per heavy atom. The molecule has 2 aliphatic rings. The molecule has 1 aromatic carbocycles. The van der Waals surface area contributed by atoms with Gasteiger partial charge in [-0.15, -0.1) is 4.40 Å². The van der Waals surface area contributed by atoms with Gasteiger partial charge in [0.25, 0.3) is 10.0 Å². The molecule has 0 unspecified atom stereocenters. The van der Waals surface area contributed by atoms with Crippen LogP contribution in [-0.2, 0) is 21.4 Å². The van der Waals surface area contributed by atoms with Crippen LogP contribution in [0.5, 0.6) is 0 Å². The van der Waals surface area contributed by atoms with Gasteiger partial charge in [-0.3, -0.25) is 9.78 Å². The average molecular weight is 453 g/mol. The highest BCUT2D eigenvalue weighted by molar-refractivity contribution is 8.00.